The predicted octanol–water partition coefficient (Wildman–Crippen LogP) is 6.23. The molecule has 0 aliphatic heterocycles. The Hall–Kier alpha value is -2.80. The van der Waals surface area contributed by atoms with E-state index in [9.17, 15) is 13.6 Å². The molecule has 0 saturated heterocycles. The fraction of sp³-hybridized carbons (Fsp3) is 0.500. The van der Waals surface area contributed by atoms with E-state index < -0.39 is 23.8 Å². The fourth-order valence-corrected chi connectivity index (χ4v) is 5.95. The minimum absolute atomic E-state index is 0.0583. The molecular weight excluding hydrogens is 448 g/mol. The van der Waals surface area contributed by atoms with Gasteiger partial charge in [-0.25, -0.2) is 13.8 Å². The number of fused-ring (bicyclic) bond motifs is 1. The molecule has 0 bridgehead atoms. The number of amides is 1. The van der Waals surface area contributed by atoms with Gasteiger partial charge in [0.15, 0.2) is 11.6 Å². The molecule has 3 aromatic rings. The third-order valence-electron chi connectivity index (χ3n) is 7.68. The molecule has 0 spiro atoms. The van der Waals surface area contributed by atoms with Crippen molar-refractivity contribution in [2.45, 2.75) is 76.0 Å². The molecule has 2 fully saturated rings. The van der Waals surface area contributed by atoms with E-state index in [0.717, 1.165) is 69.4 Å². The van der Waals surface area contributed by atoms with Crippen LogP contribution in [0.3, 0.4) is 0 Å². The Morgan fingerprint density at radius 2 is 1.66 bits per heavy atom. The fourth-order valence-electron chi connectivity index (χ4n) is 5.95. The van der Waals surface area contributed by atoms with Gasteiger partial charge in [-0.3, -0.25) is 4.79 Å². The van der Waals surface area contributed by atoms with E-state index in [1.807, 2.05) is 34.9 Å². The van der Waals surface area contributed by atoms with Crippen molar-refractivity contribution >= 4 is 16.9 Å². The van der Waals surface area contributed by atoms with Crippen molar-refractivity contribution in [1.82, 2.24) is 14.9 Å². The average Bonchev–Trinajstić information content (AvgIpc) is 3.50. The number of carbonyl (C=O) groups is 1. The molecule has 2 aliphatic carbocycles. The summed E-state index contributed by atoms with van der Waals surface area (Å²) in [5, 5.41) is 3.28. The number of rotatable bonds is 7. The second kappa shape index (κ2) is 10.4. The number of hydrogen-bond acceptors (Lipinski definition) is 3. The second-order valence-electron chi connectivity index (χ2n) is 9.95. The molecule has 5 rings (SSSR count). The highest BCUT2D eigenvalue weighted by atomic mass is 19.2. The van der Waals surface area contributed by atoms with Crippen molar-refractivity contribution in [2.24, 2.45) is 5.92 Å². The number of imidazole rings is 1. The van der Waals surface area contributed by atoms with Gasteiger partial charge in [0.1, 0.15) is 18.0 Å². The van der Waals surface area contributed by atoms with E-state index in [2.05, 4.69) is 5.32 Å². The molecule has 1 N–H and O–H groups in total. The largest absolute Gasteiger partial charge is 0.369 e. The van der Waals surface area contributed by atoms with Gasteiger partial charge in [0, 0.05) is 25.3 Å². The molecule has 1 aromatic heterocycles. The van der Waals surface area contributed by atoms with E-state index in [1.54, 1.807) is 7.11 Å². The molecule has 35 heavy (non-hydrogen) atoms. The molecule has 2 saturated carbocycles. The van der Waals surface area contributed by atoms with E-state index >= 15 is 0 Å². The van der Waals surface area contributed by atoms with Gasteiger partial charge in [0.2, 0.25) is 5.91 Å². The quantitative estimate of drug-likeness (QED) is 0.435. The van der Waals surface area contributed by atoms with E-state index in [-0.39, 0.29) is 17.9 Å². The Morgan fingerprint density at radius 1 is 1.00 bits per heavy atom. The molecule has 5 nitrogen and oxygen atoms in total. The zero-order valence-electron chi connectivity index (χ0n) is 20.2. The standard InChI is InChI=1S/C28H33F2N3O2/c1-35-26(19-12-6-3-7-13-19)27-32-23-16-21(29)22(30)17-24(23)33(27)25(18-10-4-2-5-11-18)28(34)31-20-14-8-9-15-20/h3,6-7,12-13,16-18,20,25-26H,2,4-5,8-11,14-15H2,1H3,(H,31,34)/t25?,26-/m1/s1. The summed E-state index contributed by atoms with van der Waals surface area (Å²) < 4.78 is 36.5. The summed E-state index contributed by atoms with van der Waals surface area (Å²) in [6, 6.07) is 11.5. The van der Waals surface area contributed by atoms with Crippen molar-refractivity contribution in [3.05, 3.63) is 65.5 Å². The number of benzene rings is 2. The SMILES string of the molecule is CO[C@H](c1ccccc1)c1nc2cc(F)c(F)cc2n1C(C(=O)NC1CCCC1)C1CCCCC1. The molecule has 1 heterocycles. The van der Waals surface area contributed by atoms with Crippen LogP contribution in [0.4, 0.5) is 8.78 Å². The number of carbonyl (C=O) groups excluding carboxylic acids is 1. The maximum Gasteiger partial charge on any atom is 0.243 e. The summed E-state index contributed by atoms with van der Waals surface area (Å²) in [6.45, 7) is 0. The number of nitrogens with zero attached hydrogens (tertiary/aromatic N) is 2. The normalized spacial score (nSPS) is 19.2. The molecule has 2 aromatic carbocycles. The maximum atomic E-state index is 14.5. The van der Waals surface area contributed by atoms with Gasteiger partial charge in [-0.2, -0.15) is 0 Å². The Kier molecular flexibility index (Phi) is 7.14. The summed E-state index contributed by atoms with van der Waals surface area (Å²) in [6.07, 6.45) is 8.67. The molecule has 186 valence electrons. The van der Waals surface area contributed by atoms with Gasteiger partial charge in [-0.05, 0) is 37.2 Å². The Labute approximate surface area is 204 Å². The van der Waals surface area contributed by atoms with Crippen molar-refractivity contribution in [3.8, 4) is 0 Å². The monoisotopic (exact) mass is 481 g/mol. The van der Waals surface area contributed by atoms with E-state index in [4.69, 9.17) is 9.72 Å². The lowest BCUT2D eigenvalue weighted by Gasteiger charge is -2.33. The minimum Gasteiger partial charge on any atom is -0.369 e. The van der Waals surface area contributed by atoms with Gasteiger partial charge in [-0.15, -0.1) is 0 Å². The average molecular weight is 482 g/mol. The van der Waals surface area contributed by atoms with Crippen LogP contribution in [0.1, 0.15) is 81.3 Å². The number of hydrogen-bond donors (Lipinski definition) is 1. The van der Waals surface area contributed by atoms with Crippen molar-refractivity contribution in [1.29, 1.82) is 0 Å². The van der Waals surface area contributed by atoms with Crippen molar-refractivity contribution in [3.63, 3.8) is 0 Å². The van der Waals surface area contributed by atoms with Gasteiger partial charge in [0.05, 0.1) is 11.0 Å². The van der Waals surface area contributed by atoms with Crippen LogP contribution in [0.5, 0.6) is 0 Å². The Morgan fingerprint density at radius 3 is 2.34 bits per heavy atom. The number of methoxy groups -OCH3 is 1. The number of ether oxygens (including phenoxy) is 1. The van der Waals surface area contributed by atoms with Crippen LogP contribution < -0.4 is 5.32 Å². The van der Waals surface area contributed by atoms with Crippen LogP contribution in [0, 0.1) is 17.6 Å². The molecule has 7 heteroatoms. The zero-order valence-corrected chi connectivity index (χ0v) is 20.2. The first-order valence-electron chi connectivity index (χ1n) is 12.8. The summed E-state index contributed by atoms with van der Waals surface area (Å²) in [5.74, 6) is -1.37. The molecule has 1 amide bonds. The summed E-state index contributed by atoms with van der Waals surface area (Å²) >= 11 is 0. The first-order chi connectivity index (χ1) is 17.1. The Balaban J connectivity index is 1.68. The number of aromatic nitrogens is 2. The van der Waals surface area contributed by atoms with Crippen LogP contribution in [-0.4, -0.2) is 28.6 Å². The summed E-state index contributed by atoms with van der Waals surface area (Å²) in [5.41, 5.74) is 1.62. The lowest BCUT2D eigenvalue weighted by molar-refractivity contribution is -0.127. The highest BCUT2D eigenvalue weighted by Gasteiger charge is 2.37. The Bertz CT molecular complexity index is 1170. The highest BCUT2D eigenvalue weighted by Crippen LogP contribution is 2.39. The van der Waals surface area contributed by atoms with Gasteiger partial charge < -0.3 is 14.6 Å². The minimum atomic E-state index is -0.952. The smallest absolute Gasteiger partial charge is 0.243 e. The lowest BCUT2D eigenvalue weighted by atomic mass is 9.83. The highest BCUT2D eigenvalue weighted by molar-refractivity contribution is 5.85. The summed E-state index contributed by atoms with van der Waals surface area (Å²) in [4.78, 5) is 18.7. The molecule has 2 aliphatic rings. The van der Waals surface area contributed by atoms with Crippen LogP contribution in [0.2, 0.25) is 0 Å². The van der Waals surface area contributed by atoms with Gasteiger partial charge >= 0.3 is 0 Å². The number of nitrogens with one attached hydrogen (secondary N) is 1. The van der Waals surface area contributed by atoms with Crippen LogP contribution in [0.15, 0.2) is 42.5 Å². The predicted molar refractivity (Wildman–Crippen MR) is 131 cm³/mol. The van der Waals surface area contributed by atoms with Gasteiger partial charge in [-0.1, -0.05) is 62.4 Å². The van der Waals surface area contributed by atoms with E-state index in [1.165, 1.54) is 6.07 Å². The topological polar surface area (TPSA) is 56.2 Å². The molecule has 0 radical (unpaired) electrons. The summed E-state index contributed by atoms with van der Waals surface area (Å²) in [7, 11) is 1.59. The first kappa shape index (κ1) is 23.9. The molecule has 2 atom stereocenters. The maximum absolute atomic E-state index is 14.5. The number of halogens is 2. The second-order valence-corrected chi connectivity index (χ2v) is 9.95. The lowest BCUT2D eigenvalue weighted by Crippen LogP contribution is -2.42. The van der Waals surface area contributed by atoms with Crippen LogP contribution in [-0.2, 0) is 9.53 Å². The van der Waals surface area contributed by atoms with Crippen molar-refractivity contribution < 1.29 is 18.3 Å². The molecular formula is C28H33F2N3O2. The van der Waals surface area contributed by atoms with E-state index in [0.29, 0.717) is 16.9 Å². The van der Waals surface area contributed by atoms with Crippen molar-refractivity contribution in [2.75, 3.05) is 7.11 Å². The third kappa shape index (κ3) is 4.83. The van der Waals surface area contributed by atoms with Crippen LogP contribution >= 0.6 is 0 Å². The zero-order chi connectivity index (χ0) is 24.4. The van der Waals surface area contributed by atoms with Crippen LogP contribution in [0.25, 0.3) is 11.0 Å². The first-order valence-corrected chi connectivity index (χ1v) is 12.8. The third-order valence-corrected chi connectivity index (χ3v) is 7.68. The molecule has 1 unspecified atom stereocenters. The van der Waals surface area contributed by atoms with Gasteiger partial charge in [0.25, 0.3) is 0 Å².